The molecule has 5 heteroatoms. The molecule has 0 bridgehead atoms. The third-order valence-corrected chi connectivity index (χ3v) is 3.72. The molecular weight excluding hydrogens is 252 g/mol. The smallest absolute Gasteiger partial charge is 0.147 e. The molecule has 1 saturated carbocycles. The van der Waals surface area contributed by atoms with Gasteiger partial charge in [-0.15, -0.1) is 0 Å². The first-order valence-corrected chi connectivity index (χ1v) is 6.84. The van der Waals surface area contributed by atoms with Gasteiger partial charge in [-0.25, -0.2) is 4.98 Å². The zero-order valence-electron chi connectivity index (χ0n) is 11.1. The van der Waals surface area contributed by atoms with Gasteiger partial charge in [0.1, 0.15) is 22.9 Å². The molecular formula is C15H16N4O. The number of rotatable bonds is 2. The summed E-state index contributed by atoms with van der Waals surface area (Å²) in [5.74, 6) is 0.701. The van der Waals surface area contributed by atoms with Crippen molar-refractivity contribution in [1.29, 1.82) is 5.26 Å². The van der Waals surface area contributed by atoms with Crippen LogP contribution in [0.2, 0.25) is 0 Å². The van der Waals surface area contributed by atoms with Crippen LogP contribution in [0.3, 0.4) is 0 Å². The minimum atomic E-state index is 0.174. The van der Waals surface area contributed by atoms with Gasteiger partial charge in [-0.2, -0.15) is 5.26 Å². The number of hydrogen-bond donors (Lipinski definition) is 1. The lowest BCUT2D eigenvalue weighted by atomic mass is 9.94. The predicted octanol–water partition coefficient (Wildman–Crippen LogP) is 2.15. The van der Waals surface area contributed by atoms with Crippen LogP contribution in [0.25, 0.3) is 11.0 Å². The van der Waals surface area contributed by atoms with Crippen LogP contribution < -0.4 is 10.5 Å². The molecule has 0 aliphatic heterocycles. The van der Waals surface area contributed by atoms with Crippen molar-refractivity contribution < 1.29 is 4.74 Å². The second-order valence-corrected chi connectivity index (χ2v) is 5.13. The molecule has 1 aromatic carbocycles. The van der Waals surface area contributed by atoms with E-state index in [0.29, 0.717) is 28.4 Å². The van der Waals surface area contributed by atoms with Gasteiger partial charge in [-0.05, 0) is 37.8 Å². The lowest BCUT2D eigenvalue weighted by Gasteiger charge is -2.27. The van der Waals surface area contributed by atoms with E-state index in [9.17, 15) is 0 Å². The summed E-state index contributed by atoms with van der Waals surface area (Å²) in [6, 6.07) is 5.98. The third-order valence-electron chi connectivity index (χ3n) is 3.72. The van der Waals surface area contributed by atoms with Crippen LogP contribution in [-0.2, 0) is 0 Å². The molecule has 0 unspecified atom stereocenters. The average Bonchev–Trinajstić information content (AvgIpc) is 2.50. The molecule has 0 spiro atoms. The third kappa shape index (κ3) is 2.43. The molecule has 0 amide bonds. The summed E-state index contributed by atoms with van der Waals surface area (Å²) in [5.41, 5.74) is 7.68. The van der Waals surface area contributed by atoms with E-state index in [1.165, 1.54) is 0 Å². The first kappa shape index (κ1) is 12.8. The van der Waals surface area contributed by atoms with Gasteiger partial charge in [0.2, 0.25) is 0 Å². The molecule has 0 radical (unpaired) electrons. The van der Waals surface area contributed by atoms with E-state index < -0.39 is 0 Å². The highest BCUT2D eigenvalue weighted by Crippen LogP contribution is 2.29. The number of nitriles is 1. The summed E-state index contributed by atoms with van der Waals surface area (Å²) >= 11 is 0. The van der Waals surface area contributed by atoms with E-state index in [1.807, 2.05) is 6.07 Å². The molecule has 1 aliphatic rings. The highest BCUT2D eigenvalue weighted by Gasteiger charge is 2.21. The largest absolute Gasteiger partial charge is 0.488 e. The SMILES string of the molecule is N#Cc1ccc(OC2CCC(N)CC2)c2nccnc12. The normalized spacial score (nSPS) is 22.4. The Kier molecular flexibility index (Phi) is 3.48. The number of nitrogens with two attached hydrogens (primary N) is 1. The maximum absolute atomic E-state index is 9.10. The van der Waals surface area contributed by atoms with Crippen molar-refractivity contribution in [2.75, 3.05) is 0 Å². The van der Waals surface area contributed by atoms with E-state index in [-0.39, 0.29) is 6.10 Å². The summed E-state index contributed by atoms with van der Waals surface area (Å²) in [6.45, 7) is 0. The maximum Gasteiger partial charge on any atom is 0.147 e. The molecule has 5 nitrogen and oxygen atoms in total. The predicted molar refractivity (Wildman–Crippen MR) is 75.1 cm³/mol. The van der Waals surface area contributed by atoms with Crippen LogP contribution in [-0.4, -0.2) is 22.1 Å². The van der Waals surface area contributed by atoms with Gasteiger partial charge in [0, 0.05) is 18.4 Å². The molecule has 20 heavy (non-hydrogen) atoms. The minimum Gasteiger partial charge on any atom is -0.488 e. The zero-order chi connectivity index (χ0) is 13.9. The van der Waals surface area contributed by atoms with E-state index in [0.717, 1.165) is 25.7 Å². The molecule has 1 fully saturated rings. The van der Waals surface area contributed by atoms with Crippen molar-refractivity contribution in [2.45, 2.75) is 37.8 Å². The minimum absolute atomic E-state index is 0.174. The zero-order valence-corrected chi connectivity index (χ0v) is 11.1. The summed E-state index contributed by atoms with van der Waals surface area (Å²) in [7, 11) is 0. The highest BCUT2D eigenvalue weighted by molar-refractivity contribution is 5.85. The molecule has 0 saturated heterocycles. The van der Waals surface area contributed by atoms with Gasteiger partial charge < -0.3 is 10.5 Å². The van der Waals surface area contributed by atoms with Crippen LogP contribution >= 0.6 is 0 Å². The molecule has 0 atom stereocenters. The number of benzene rings is 1. The number of fused-ring (bicyclic) bond motifs is 1. The van der Waals surface area contributed by atoms with E-state index in [2.05, 4.69) is 16.0 Å². The van der Waals surface area contributed by atoms with Crippen molar-refractivity contribution in [3.8, 4) is 11.8 Å². The lowest BCUT2D eigenvalue weighted by Crippen LogP contribution is -2.31. The number of hydrogen-bond acceptors (Lipinski definition) is 5. The van der Waals surface area contributed by atoms with Crippen molar-refractivity contribution in [2.24, 2.45) is 5.73 Å². The summed E-state index contributed by atoms with van der Waals surface area (Å²) in [4.78, 5) is 8.54. The maximum atomic E-state index is 9.10. The van der Waals surface area contributed by atoms with E-state index in [1.54, 1.807) is 18.5 Å². The quantitative estimate of drug-likeness (QED) is 0.902. The van der Waals surface area contributed by atoms with Gasteiger partial charge in [0.05, 0.1) is 11.7 Å². The number of ether oxygens (including phenoxy) is 1. The Morgan fingerprint density at radius 1 is 1.10 bits per heavy atom. The van der Waals surface area contributed by atoms with Crippen LogP contribution in [0.1, 0.15) is 31.2 Å². The second-order valence-electron chi connectivity index (χ2n) is 5.13. The first-order valence-electron chi connectivity index (χ1n) is 6.84. The monoisotopic (exact) mass is 268 g/mol. The Bertz CT molecular complexity index is 656. The van der Waals surface area contributed by atoms with Crippen molar-refractivity contribution in [3.05, 3.63) is 30.1 Å². The molecule has 2 N–H and O–H groups in total. The first-order chi connectivity index (χ1) is 9.78. The fourth-order valence-electron chi connectivity index (χ4n) is 2.60. The Morgan fingerprint density at radius 2 is 1.80 bits per heavy atom. The van der Waals surface area contributed by atoms with Gasteiger partial charge in [0.25, 0.3) is 0 Å². The van der Waals surface area contributed by atoms with Crippen LogP contribution in [0.5, 0.6) is 5.75 Å². The summed E-state index contributed by atoms with van der Waals surface area (Å²) in [6.07, 6.45) is 7.29. The topological polar surface area (TPSA) is 84.8 Å². The van der Waals surface area contributed by atoms with Crippen LogP contribution in [0, 0.1) is 11.3 Å². The highest BCUT2D eigenvalue weighted by atomic mass is 16.5. The Morgan fingerprint density at radius 3 is 2.50 bits per heavy atom. The Hall–Kier alpha value is -2.19. The summed E-state index contributed by atoms with van der Waals surface area (Å²) in [5, 5.41) is 9.10. The molecule has 1 aliphatic carbocycles. The second kappa shape index (κ2) is 5.43. The molecule has 3 rings (SSSR count). The standard InChI is InChI=1S/C15H16N4O/c16-9-10-1-6-13(15-14(10)18-7-8-19-15)20-12-4-2-11(17)3-5-12/h1,6-8,11-12H,2-5,17H2. The molecule has 2 aromatic rings. The Labute approximate surface area is 117 Å². The van der Waals surface area contributed by atoms with Crippen molar-refractivity contribution in [3.63, 3.8) is 0 Å². The lowest BCUT2D eigenvalue weighted by molar-refractivity contribution is 0.149. The van der Waals surface area contributed by atoms with Crippen molar-refractivity contribution >= 4 is 11.0 Å². The van der Waals surface area contributed by atoms with Gasteiger partial charge >= 0.3 is 0 Å². The van der Waals surface area contributed by atoms with Gasteiger partial charge in [-0.3, -0.25) is 4.98 Å². The fraction of sp³-hybridized carbons (Fsp3) is 0.400. The van der Waals surface area contributed by atoms with Gasteiger partial charge in [-0.1, -0.05) is 0 Å². The van der Waals surface area contributed by atoms with E-state index >= 15 is 0 Å². The average molecular weight is 268 g/mol. The fourth-order valence-corrected chi connectivity index (χ4v) is 2.60. The van der Waals surface area contributed by atoms with Gasteiger partial charge in [0.15, 0.2) is 0 Å². The van der Waals surface area contributed by atoms with Crippen LogP contribution in [0.4, 0.5) is 0 Å². The molecule has 102 valence electrons. The molecule has 1 aromatic heterocycles. The van der Waals surface area contributed by atoms with Crippen molar-refractivity contribution in [1.82, 2.24) is 9.97 Å². The number of aromatic nitrogens is 2. The van der Waals surface area contributed by atoms with Crippen LogP contribution in [0.15, 0.2) is 24.5 Å². The molecule has 1 heterocycles. The Balaban J connectivity index is 1.91. The number of nitrogens with zero attached hydrogens (tertiary/aromatic N) is 3. The summed E-state index contributed by atoms with van der Waals surface area (Å²) < 4.78 is 6.05. The van der Waals surface area contributed by atoms with E-state index in [4.69, 9.17) is 15.7 Å².